The van der Waals surface area contributed by atoms with Gasteiger partial charge in [0, 0.05) is 13.6 Å². The third kappa shape index (κ3) is 3.51. The molecule has 1 aromatic heterocycles. The van der Waals surface area contributed by atoms with Crippen LogP contribution in [-0.2, 0) is 6.54 Å². The summed E-state index contributed by atoms with van der Waals surface area (Å²) in [4.78, 5) is 16.0. The normalized spacial score (nSPS) is 10.0. The lowest BCUT2D eigenvalue weighted by atomic mass is 10.2. The summed E-state index contributed by atoms with van der Waals surface area (Å²) in [6, 6.07) is 11.2. The van der Waals surface area contributed by atoms with Gasteiger partial charge < -0.3 is 10.6 Å². The molecule has 0 unspecified atom stereocenters. The van der Waals surface area contributed by atoms with Crippen LogP contribution in [0.25, 0.3) is 0 Å². The monoisotopic (exact) mass is 259 g/mol. The van der Waals surface area contributed by atoms with Gasteiger partial charge in [-0.05, 0) is 29.8 Å². The highest BCUT2D eigenvalue weighted by Crippen LogP contribution is 2.05. The Balaban J connectivity index is 1.99. The summed E-state index contributed by atoms with van der Waals surface area (Å²) in [6.07, 6.45) is 0. The van der Waals surface area contributed by atoms with Gasteiger partial charge in [0.2, 0.25) is 0 Å². The summed E-state index contributed by atoms with van der Waals surface area (Å²) in [5.41, 5.74) is 1.17. The number of hydrogen-bond donors (Lipinski definition) is 2. The molecule has 4 nitrogen and oxygen atoms in total. The molecule has 1 aromatic carbocycles. The van der Waals surface area contributed by atoms with Crippen LogP contribution < -0.4 is 10.6 Å². The fraction of sp³-hybridized carbons (Fsp3) is 0.143. The van der Waals surface area contributed by atoms with Crippen LogP contribution in [-0.4, -0.2) is 17.9 Å². The van der Waals surface area contributed by atoms with Crippen molar-refractivity contribution in [2.45, 2.75) is 6.54 Å². The number of rotatable bonds is 4. The summed E-state index contributed by atoms with van der Waals surface area (Å²) in [7, 11) is 1.74. The molecule has 0 saturated heterocycles. The van der Waals surface area contributed by atoms with E-state index in [2.05, 4.69) is 15.6 Å². The average molecular weight is 259 g/mol. The van der Waals surface area contributed by atoms with Crippen molar-refractivity contribution in [1.82, 2.24) is 10.3 Å². The van der Waals surface area contributed by atoms with Gasteiger partial charge in [-0.15, -0.1) is 0 Å². The number of anilines is 1. The molecule has 0 aliphatic heterocycles. The molecule has 0 atom stereocenters. The second kappa shape index (κ2) is 5.95. The van der Waals surface area contributed by atoms with Crippen molar-refractivity contribution >= 4 is 11.7 Å². The zero-order chi connectivity index (χ0) is 13.7. The van der Waals surface area contributed by atoms with Gasteiger partial charge in [-0.3, -0.25) is 4.79 Å². The highest BCUT2D eigenvalue weighted by molar-refractivity contribution is 5.92. The second-order valence-electron chi connectivity index (χ2n) is 3.97. The minimum atomic E-state index is -0.293. The molecular formula is C14H14FN3O. The minimum Gasteiger partial charge on any atom is -0.373 e. The fourth-order valence-corrected chi connectivity index (χ4v) is 1.58. The molecule has 0 saturated carbocycles. The van der Waals surface area contributed by atoms with Crippen molar-refractivity contribution in [1.29, 1.82) is 0 Å². The smallest absolute Gasteiger partial charge is 0.270 e. The van der Waals surface area contributed by atoms with E-state index >= 15 is 0 Å². The van der Waals surface area contributed by atoms with Crippen LogP contribution in [0.15, 0.2) is 42.5 Å². The van der Waals surface area contributed by atoms with E-state index in [1.165, 1.54) is 12.1 Å². The van der Waals surface area contributed by atoms with E-state index in [0.29, 0.717) is 18.1 Å². The first-order valence-corrected chi connectivity index (χ1v) is 5.86. The molecule has 2 aromatic rings. The molecule has 5 heteroatoms. The van der Waals surface area contributed by atoms with Gasteiger partial charge in [-0.2, -0.15) is 0 Å². The maximum atomic E-state index is 12.7. The molecule has 19 heavy (non-hydrogen) atoms. The van der Waals surface area contributed by atoms with E-state index in [9.17, 15) is 9.18 Å². The number of carbonyl (C=O) groups is 1. The predicted octanol–water partition coefficient (Wildman–Crippen LogP) is 2.19. The number of carbonyl (C=O) groups excluding carboxylic acids is 1. The number of aromatic nitrogens is 1. The number of amides is 1. The lowest BCUT2D eigenvalue weighted by Crippen LogP contribution is -2.23. The first kappa shape index (κ1) is 13.0. The number of hydrogen-bond acceptors (Lipinski definition) is 3. The van der Waals surface area contributed by atoms with Crippen molar-refractivity contribution in [3.05, 3.63) is 59.5 Å². The van der Waals surface area contributed by atoms with Crippen LogP contribution in [0.1, 0.15) is 16.1 Å². The quantitative estimate of drug-likeness (QED) is 0.885. The number of halogens is 1. The van der Waals surface area contributed by atoms with E-state index in [-0.39, 0.29) is 11.7 Å². The summed E-state index contributed by atoms with van der Waals surface area (Å²) < 4.78 is 12.7. The van der Waals surface area contributed by atoms with Crippen molar-refractivity contribution in [2.24, 2.45) is 0 Å². The second-order valence-corrected chi connectivity index (χ2v) is 3.97. The number of pyridine rings is 1. The molecule has 0 fully saturated rings. The van der Waals surface area contributed by atoms with E-state index in [0.717, 1.165) is 5.56 Å². The highest BCUT2D eigenvalue weighted by atomic mass is 19.1. The molecule has 1 amide bonds. The van der Waals surface area contributed by atoms with Crippen molar-refractivity contribution in [2.75, 3.05) is 12.4 Å². The standard InChI is InChI=1S/C14H14FN3O/c1-16-13-4-2-3-12(18-13)14(19)17-9-10-5-7-11(15)8-6-10/h2-8H,9H2,1H3,(H,16,18)(H,17,19). The predicted molar refractivity (Wildman–Crippen MR) is 71.4 cm³/mol. The van der Waals surface area contributed by atoms with E-state index < -0.39 is 0 Å². The molecule has 0 radical (unpaired) electrons. The molecule has 0 spiro atoms. The maximum Gasteiger partial charge on any atom is 0.270 e. The molecule has 98 valence electrons. The van der Waals surface area contributed by atoms with Gasteiger partial charge in [0.1, 0.15) is 17.3 Å². The van der Waals surface area contributed by atoms with Gasteiger partial charge in [0.25, 0.3) is 5.91 Å². The van der Waals surface area contributed by atoms with E-state index in [4.69, 9.17) is 0 Å². The third-order valence-electron chi connectivity index (χ3n) is 2.60. The fourth-order valence-electron chi connectivity index (χ4n) is 1.58. The SMILES string of the molecule is CNc1cccc(C(=O)NCc2ccc(F)cc2)n1. The molecular weight excluding hydrogens is 245 g/mol. The molecule has 1 heterocycles. The van der Waals surface area contributed by atoms with Crippen LogP contribution in [0, 0.1) is 5.82 Å². The summed E-state index contributed by atoms with van der Waals surface area (Å²) in [5, 5.41) is 5.60. The molecule has 2 rings (SSSR count). The lowest BCUT2D eigenvalue weighted by Gasteiger charge is -2.06. The van der Waals surface area contributed by atoms with Crippen molar-refractivity contribution in [3.8, 4) is 0 Å². The van der Waals surface area contributed by atoms with Crippen LogP contribution >= 0.6 is 0 Å². The topological polar surface area (TPSA) is 54.0 Å². The number of benzene rings is 1. The first-order chi connectivity index (χ1) is 9.19. The van der Waals surface area contributed by atoms with Crippen LogP contribution in [0.5, 0.6) is 0 Å². The summed E-state index contributed by atoms with van der Waals surface area (Å²) in [5.74, 6) is 0.0781. The minimum absolute atomic E-state index is 0.263. The largest absolute Gasteiger partial charge is 0.373 e. The molecule has 0 aliphatic rings. The highest BCUT2D eigenvalue weighted by Gasteiger charge is 2.07. The van der Waals surface area contributed by atoms with E-state index in [1.807, 2.05) is 0 Å². The Bertz CT molecular complexity index is 569. The summed E-state index contributed by atoms with van der Waals surface area (Å²) >= 11 is 0. The van der Waals surface area contributed by atoms with Gasteiger partial charge in [-0.1, -0.05) is 18.2 Å². The molecule has 0 aliphatic carbocycles. The Morgan fingerprint density at radius 2 is 1.95 bits per heavy atom. The Kier molecular flexibility index (Phi) is 4.07. The Morgan fingerprint density at radius 1 is 1.21 bits per heavy atom. The van der Waals surface area contributed by atoms with Gasteiger partial charge >= 0.3 is 0 Å². The number of nitrogens with one attached hydrogen (secondary N) is 2. The Morgan fingerprint density at radius 3 is 2.63 bits per heavy atom. The zero-order valence-electron chi connectivity index (χ0n) is 10.5. The van der Waals surface area contributed by atoms with Gasteiger partial charge in [0.05, 0.1) is 0 Å². The average Bonchev–Trinajstić information content (AvgIpc) is 2.46. The van der Waals surface area contributed by atoms with Crippen LogP contribution in [0.4, 0.5) is 10.2 Å². The Hall–Kier alpha value is -2.43. The molecule has 2 N–H and O–H groups in total. The first-order valence-electron chi connectivity index (χ1n) is 5.86. The lowest BCUT2D eigenvalue weighted by molar-refractivity contribution is 0.0946. The summed E-state index contributed by atoms with van der Waals surface area (Å²) in [6.45, 7) is 0.338. The maximum absolute atomic E-state index is 12.7. The van der Waals surface area contributed by atoms with E-state index in [1.54, 1.807) is 37.4 Å². The zero-order valence-corrected chi connectivity index (χ0v) is 10.5. The third-order valence-corrected chi connectivity index (χ3v) is 2.60. The van der Waals surface area contributed by atoms with Gasteiger partial charge in [-0.25, -0.2) is 9.37 Å². The number of nitrogens with zero attached hydrogens (tertiary/aromatic N) is 1. The van der Waals surface area contributed by atoms with Crippen molar-refractivity contribution in [3.63, 3.8) is 0 Å². The van der Waals surface area contributed by atoms with Gasteiger partial charge in [0.15, 0.2) is 0 Å². The molecule has 0 bridgehead atoms. The van der Waals surface area contributed by atoms with Crippen LogP contribution in [0.3, 0.4) is 0 Å². The van der Waals surface area contributed by atoms with Crippen LogP contribution in [0.2, 0.25) is 0 Å². The van der Waals surface area contributed by atoms with Crippen molar-refractivity contribution < 1.29 is 9.18 Å². The Labute approximate surface area is 110 Å².